The van der Waals surface area contributed by atoms with Crippen molar-refractivity contribution in [2.24, 2.45) is 0 Å². The lowest BCUT2D eigenvalue weighted by Gasteiger charge is -1.99. The molecule has 3 aromatic rings. The fraction of sp³-hybridized carbons (Fsp3) is 0.154. The zero-order valence-electron chi connectivity index (χ0n) is 10.1. The van der Waals surface area contributed by atoms with E-state index in [2.05, 4.69) is 15.0 Å². The highest BCUT2D eigenvalue weighted by Gasteiger charge is 2.15. The van der Waals surface area contributed by atoms with Crippen LogP contribution in [-0.4, -0.2) is 27.5 Å². The molecule has 3 heterocycles. The van der Waals surface area contributed by atoms with Gasteiger partial charge in [-0.2, -0.15) is 0 Å². The van der Waals surface area contributed by atoms with Gasteiger partial charge in [-0.05, 0) is 19.1 Å². The van der Waals surface area contributed by atoms with E-state index in [1.165, 1.54) is 0 Å². The van der Waals surface area contributed by atoms with Gasteiger partial charge in [-0.1, -0.05) is 11.6 Å². The average Bonchev–Trinajstić information content (AvgIpc) is 2.85. The van der Waals surface area contributed by atoms with Crippen molar-refractivity contribution in [1.29, 1.82) is 0 Å². The first kappa shape index (κ1) is 11.9. The van der Waals surface area contributed by atoms with Crippen LogP contribution in [0.15, 0.2) is 24.5 Å². The average molecular weight is 276 g/mol. The van der Waals surface area contributed by atoms with Crippen molar-refractivity contribution in [3.63, 3.8) is 0 Å². The normalized spacial score (nSPS) is 11.1. The minimum absolute atomic E-state index is 0.324. The first-order chi connectivity index (χ1) is 9.20. The molecule has 0 aromatic carbocycles. The van der Waals surface area contributed by atoms with Crippen LogP contribution in [-0.2, 0) is 4.74 Å². The third kappa shape index (κ3) is 1.92. The molecule has 0 saturated heterocycles. The molecule has 5 nitrogen and oxygen atoms in total. The third-order valence-electron chi connectivity index (χ3n) is 2.82. The summed E-state index contributed by atoms with van der Waals surface area (Å²) < 4.78 is 4.96. The molecule has 0 spiro atoms. The standard InChI is InChI=1S/C13H10ClN3O2/c1-2-19-13(18)9-5-8-11(16-9)7-3-4-15-6-10(7)17-12(8)14/h3-6,16H,2H2,1H3. The van der Waals surface area contributed by atoms with Crippen LogP contribution in [0.4, 0.5) is 0 Å². The van der Waals surface area contributed by atoms with E-state index in [1.807, 2.05) is 6.07 Å². The summed E-state index contributed by atoms with van der Waals surface area (Å²) in [5.41, 5.74) is 1.81. The molecule has 3 aromatic heterocycles. The van der Waals surface area contributed by atoms with Gasteiger partial charge in [0.25, 0.3) is 0 Å². The van der Waals surface area contributed by atoms with E-state index < -0.39 is 5.97 Å². The van der Waals surface area contributed by atoms with Gasteiger partial charge in [0.05, 0.1) is 23.8 Å². The van der Waals surface area contributed by atoms with Gasteiger partial charge < -0.3 is 9.72 Å². The van der Waals surface area contributed by atoms with Crippen molar-refractivity contribution in [2.75, 3.05) is 6.61 Å². The summed E-state index contributed by atoms with van der Waals surface area (Å²) in [6, 6.07) is 3.48. The highest BCUT2D eigenvalue weighted by molar-refractivity contribution is 6.35. The second-order valence-electron chi connectivity index (χ2n) is 3.99. The maximum Gasteiger partial charge on any atom is 0.354 e. The minimum atomic E-state index is -0.406. The van der Waals surface area contributed by atoms with Crippen molar-refractivity contribution in [1.82, 2.24) is 15.0 Å². The van der Waals surface area contributed by atoms with Crippen LogP contribution in [0.3, 0.4) is 0 Å². The summed E-state index contributed by atoms with van der Waals surface area (Å²) in [4.78, 5) is 23.0. The summed E-state index contributed by atoms with van der Waals surface area (Å²) in [6.45, 7) is 2.08. The second-order valence-corrected chi connectivity index (χ2v) is 4.35. The van der Waals surface area contributed by atoms with Crippen LogP contribution in [0.1, 0.15) is 17.4 Å². The summed E-state index contributed by atoms with van der Waals surface area (Å²) in [5, 5.41) is 1.90. The number of hydrogen-bond donors (Lipinski definition) is 1. The van der Waals surface area contributed by atoms with Crippen molar-refractivity contribution >= 4 is 39.4 Å². The van der Waals surface area contributed by atoms with Crippen LogP contribution >= 0.6 is 11.6 Å². The van der Waals surface area contributed by atoms with E-state index in [1.54, 1.807) is 25.4 Å². The Morgan fingerprint density at radius 1 is 1.47 bits per heavy atom. The molecule has 19 heavy (non-hydrogen) atoms. The third-order valence-corrected chi connectivity index (χ3v) is 3.11. The van der Waals surface area contributed by atoms with Crippen LogP contribution in [0.25, 0.3) is 21.8 Å². The Kier molecular flexibility index (Phi) is 2.83. The van der Waals surface area contributed by atoms with E-state index in [-0.39, 0.29) is 0 Å². The van der Waals surface area contributed by atoms with Crippen molar-refractivity contribution < 1.29 is 9.53 Å². The lowest BCUT2D eigenvalue weighted by Crippen LogP contribution is -2.04. The van der Waals surface area contributed by atoms with E-state index in [0.29, 0.717) is 28.4 Å². The zero-order valence-corrected chi connectivity index (χ0v) is 10.9. The number of nitrogens with one attached hydrogen (secondary N) is 1. The quantitative estimate of drug-likeness (QED) is 0.577. The Balaban J connectivity index is 2.29. The molecule has 0 aliphatic rings. The molecule has 1 N–H and O–H groups in total. The van der Waals surface area contributed by atoms with Gasteiger partial charge in [-0.25, -0.2) is 9.78 Å². The van der Waals surface area contributed by atoms with Gasteiger partial charge >= 0.3 is 5.97 Å². The molecule has 0 atom stereocenters. The molecule has 6 heteroatoms. The van der Waals surface area contributed by atoms with Crippen LogP contribution in [0.5, 0.6) is 0 Å². The first-order valence-corrected chi connectivity index (χ1v) is 6.17. The first-order valence-electron chi connectivity index (χ1n) is 5.79. The van der Waals surface area contributed by atoms with E-state index in [9.17, 15) is 4.79 Å². The number of H-pyrrole nitrogens is 1. The Labute approximate surface area is 113 Å². The zero-order chi connectivity index (χ0) is 13.4. The highest BCUT2D eigenvalue weighted by atomic mass is 35.5. The fourth-order valence-corrected chi connectivity index (χ4v) is 2.24. The molecule has 0 saturated carbocycles. The maximum atomic E-state index is 11.7. The van der Waals surface area contributed by atoms with Crippen LogP contribution < -0.4 is 0 Å². The Bertz CT molecular complexity index is 782. The van der Waals surface area contributed by atoms with E-state index in [0.717, 1.165) is 10.9 Å². The summed E-state index contributed by atoms with van der Waals surface area (Å²) in [5.74, 6) is -0.406. The lowest BCUT2D eigenvalue weighted by molar-refractivity contribution is 0.0520. The number of halogens is 1. The number of rotatable bonds is 2. The number of aromatic amines is 1. The van der Waals surface area contributed by atoms with Gasteiger partial charge in [0, 0.05) is 17.0 Å². The number of carbonyl (C=O) groups excluding carboxylic acids is 1. The smallest absolute Gasteiger partial charge is 0.354 e. The number of carbonyl (C=O) groups is 1. The number of ether oxygens (including phenoxy) is 1. The van der Waals surface area contributed by atoms with Crippen LogP contribution in [0.2, 0.25) is 5.15 Å². The lowest BCUT2D eigenvalue weighted by atomic mass is 10.2. The molecular weight excluding hydrogens is 266 g/mol. The number of hydrogen-bond acceptors (Lipinski definition) is 4. The summed E-state index contributed by atoms with van der Waals surface area (Å²) in [6.07, 6.45) is 3.30. The van der Waals surface area contributed by atoms with Crippen molar-refractivity contribution in [3.05, 3.63) is 35.4 Å². The summed E-state index contributed by atoms with van der Waals surface area (Å²) in [7, 11) is 0. The molecule has 0 amide bonds. The van der Waals surface area contributed by atoms with Gasteiger partial charge in [0.15, 0.2) is 0 Å². The molecule has 0 fully saturated rings. The number of nitrogens with zero attached hydrogens (tertiary/aromatic N) is 2. The molecule has 0 aliphatic carbocycles. The Morgan fingerprint density at radius 3 is 3.11 bits per heavy atom. The van der Waals surface area contributed by atoms with Gasteiger partial charge in [0.2, 0.25) is 0 Å². The molecule has 3 rings (SSSR count). The highest BCUT2D eigenvalue weighted by Crippen LogP contribution is 2.29. The van der Waals surface area contributed by atoms with Crippen LogP contribution in [0, 0.1) is 0 Å². The number of esters is 1. The molecule has 0 aliphatic heterocycles. The maximum absolute atomic E-state index is 11.7. The molecule has 0 bridgehead atoms. The number of pyridine rings is 2. The van der Waals surface area contributed by atoms with Gasteiger partial charge in [-0.15, -0.1) is 0 Å². The van der Waals surface area contributed by atoms with Crippen molar-refractivity contribution in [3.8, 4) is 0 Å². The predicted molar refractivity (Wildman–Crippen MR) is 72.4 cm³/mol. The molecule has 0 unspecified atom stereocenters. The second kappa shape index (κ2) is 4.51. The number of fused-ring (bicyclic) bond motifs is 3. The van der Waals surface area contributed by atoms with Crippen molar-refractivity contribution in [2.45, 2.75) is 6.92 Å². The predicted octanol–water partition coefficient (Wildman–Crippen LogP) is 2.94. The van der Waals surface area contributed by atoms with E-state index in [4.69, 9.17) is 16.3 Å². The molecule has 96 valence electrons. The number of aromatic nitrogens is 3. The topological polar surface area (TPSA) is 67.9 Å². The summed E-state index contributed by atoms with van der Waals surface area (Å²) >= 11 is 6.12. The van der Waals surface area contributed by atoms with Gasteiger partial charge in [-0.3, -0.25) is 4.98 Å². The largest absolute Gasteiger partial charge is 0.461 e. The monoisotopic (exact) mass is 275 g/mol. The molecule has 0 radical (unpaired) electrons. The van der Waals surface area contributed by atoms with Gasteiger partial charge in [0.1, 0.15) is 10.8 Å². The molecular formula is C13H10ClN3O2. The SMILES string of the molecule is CCOC(=O)c1cc2c(Cl)nc3cnccc3c2[nH]1. The Morgan fingerprint density at radius 2 is 2.32 bits per heavy atom. The van der Waals surface area contributed by atoms with E-state index >= 15 is 0 Å². The fourth-order valence-electron chi connectivity index (χ4n) is 2.00. The Hall–Kier alpha value is -2.14. The minimum Gasteiger partial charge on any atom is -0.461 e.